The van der Waals surface area contributed by atoms with Gasteiger partial charge in [-0.05, 0) is 39.0 Å². The lowest BCUT2D eigenvalue weighted by atomic mass is 9.77. The van der Waals surface area contributed by atoms with E-state index >= 15 is 0 Å². The molecule has 0 amide bonds. The molecule has 15 heavy (non-hydrogen) atoms. The highest BCUT2D eigenvalue weighted by Crippen LogP contribution is 2.39. The van der Waals surface area contributed by atoms with E-state index in [0.717, 1.165) is 19.3 Å². The van der Waals surface area contributed by atoms with Crippen molar-refractivity contribution in [2.45, 2.75) is 64.1 Å². The Balaban J connectivity index is 2.05. The summed E-state index contributed by atoms with van der Waals surface area (Å²) in [6.07, 6.45) is 5.60. The lowest BCUT2D eigenvalue weighted by molar-refractivity contribution is -0.149. The van der Waals surface area contributed by atoms with Crippen LogP contribution in [0.3, 0.4) is 0 Å². The monoisotopic (exact) mass is 211 g/mol. The molecule has 2 aliphatic rings. The molecule has 1 saturated carbocycles. The van der Waals surface area contributed by atoms with Gasteiger partial charge in [0.25, 0.3) is 0 Å². The van der Waals surface area contributed by atoms with Crippen LogP contribution in [0.15, 0.2) is 0 Å². The summed E-state index contributed by atoms with van der Waals surface area (Å²) in [4.78, 5) is 13.5. The number of carboxylic acid groups (broad SMARTS) is 1. The van der Waals surface area contributed by atoms with Crippen molar-refractivity contribution in [1.29, 1.82) is 0 Å². The Bertz CT molecular complexity index is 254. The third-order valence-electron chi connectivity index (χ3n) is 4.26. The second-order valence-electron chi connectivity index (χ2n) is 5.03. The van der Waals surface area contributed by atoms with Crippen LogP contribution in [0.25, 0.3) is 0 Å². The quantitative estimate of drug-likeness (QED) is 0.777. The fourth-order valence-corrected chi connectivity index (χ4v) is 3.23. The standard InChI is InChI=1S/C12H21NO2/c1-3-9-5-4-8(2)13(9)11-7-6-10(11)12(14)15/h8-11H,3-7H2,1-2H3,(H,14,15). The van der Waals surface area contributed by atoms with Crippen LogP contribution in [-0.4, -0.2) is 34.1 Å². The van der Waals surface area contributed by atoms with Crippen molar-refractivity contribution in [3.8, 4) is 0 Å². The zero-order valence-corrected chi connectivity index (χ0v) is 9.65. The number of nitrogens with zero attached hydrogens (tertiary/aromatic N) is 1. The van der Waals surface area contributed by atoms with E-state index in [0.29, 0.717) is 18.1 Å². The summed E-state index contributed by atoms with van der Waals surface area (Å²) < 4.78 is 0. The normalized spacial score (nSPS) is 41.5. The molecular formula is C12H21NO2. The molecule has 1 aliphatic carbocycles. The van der Waals surface area contributed by atoms with E-state index in [-0.39, 0.29) is 5.92 Å². The van der Waals surface area contributed by atoms with Crippen LogP contribution in [0.5, 0.6) is 0 Å². The summed E-state index contributed by atoms with van der Waals surface area (Å²) in [5.74, 6) is -0.695. The molecule has 1 N–H and O–H groups in total. The zero-order valence-electron chi connectivity index (χ0n) is 9.65. The largest absolute Gasteiger partial charge is 0.481 e. The number of carboxylic acids is 1. The maximum Gasteiger partial charge on any atom is 0.308 e. The van der Waals surface area contributed by atoms with E-state index in [4.69, 9.17) is 5.11 Å². The Morgan fingerprint density at radius 1 is 1.33 bits per heavy atom. The van der Waals surface area contributed by atoms with Crippen molar-refractivity contribution in [2.75, 3.05) is 0 Å². The average molecular weight is 211 g/mol. The maximum atomic E-state index is 11.0. The summed E-state index contributed by atoms with van der Waals surface area (Å²) in [6.45, 7) is 4.46. The van der Waals surface area contributed by atoms with Gasteiger partial charge in [-0.15, -0.1) is 0 Å². The number of rotatable bonds is 3. The number of aliphatic carboxylic acids is 1. The molecule has 2 fully saturated rings. The summed E-state index contributed by atoms with van der Waals surface area (Å²) in [7, 11) is 0. The smallest absolute Gasteiger partial charge is 0.308 e. The molecule has 1 heterocycles. The average Bonchev–Trinajstić information content (AvgIpc) is 2.45. The van der Waals surface area contributed by atoms with Crippen LogP contribution in [0.2, 0.25) is 0 Å². The predicted molar refractivity (Wildman–Crippen MR) is 58.8 cm³/mol. The van der Waals surface area contributed by atoms with Gasteiger partial charge in [0.2, 0.25) is 0 Å². The van der Waals surface area contributed by atoms with Crippen LogP contribution >= 0.6 is 0 Å². The first-order valence-corrected chi connectivity index (χ1v) is 6.15. The van der Waals surface area contributed by atoms with Gasteiger partial charge in [-0.3, -0.25) is 9.69 Å². The Hall–Kier alpha value is -0.570. The molecule has 4 unspecified atom stereocenters. The van der Waals surface area contributed by atoms with E-state index < -0.39 is 5.97 Å². The van der Waals surface area contributed by atoms with Crippen molar-refractivity contribution in [2.24, 2.45) is 5.92 Å². The van der Waals surface area contributed by atoms with Crippen molar-refractivity contribution >= 4 is 5.97 Å². The second-order valence-corrected chi connectivity index (χ2v) is 5.03. The minimum absolute atomic E-state index is 0.0976. The first-order chi connectivity index (χ1) is 7.15. The zero-order chi connectivity index (χ0) is 11.0. The van der Waals surface area contributed by atoms with Crippen LogP contribution in [0.1, 0.15) is 46.0 Å². The third kappa shape index (κ3) is 1.78. The SMILES string of the molecule is CCC1CCC(C)N1C1CCC1C(=O)O. The van der Waals surface area contributed by atoms with E-state index in [1.807, 2.05) is 0 Å². The van der Waals surface area contributed by atoms with Gasteiger partial charge in [0.15, 0.2) is 0 Å². The summed E-state index contributed by atoms with van der Waals surface area (Å²) in [5, 5.41) is 9.08. The van der Waals surface area contributed by atoms with Crippen LogP contribution in [0.4, 0.5) is 0 Å². The van der Waals surface area contributed by atoms with E-state index in [9.17, 15) is 4.79 Å². The lowest BCUT2D eigenvalue weighted by Crippen LogP contribution is -2.54. The molecule has 3 heteroatoms. The minimum Gasteiger partial charge on any atom is -0.481 e. The van der Waals surface area contributed by atoms with E-state index in [2.05, 4.69) is 18.7 Å². The molecule has 0 bridgehead atoms. The summed E-state index contributed by atoms with van der Waals surface area (Å²) in [6, 6.07) is 1.54. The highest BCUT2D eigenvalue weighted by Gasteiger charge is 2.45. The number of hydrogen-bond donors (Lipinski definition) is 1. The van der Waals surface area contributed by atoms with Crippen molar-refractivity contribution in [3.63, 3.8) is 0 Å². The molecule has 3 nitrogen and oxygen atoms in total. The van der Waals surface area contributed by atoms with Crippen LogP contribution in [-0.2, 0) is 4.79 Å². The van der Waals surface area contributed by atoms with Crippen molar-refractivity contribution in [3.05, 3.63) is 0 Å². The molecule has 0 spiro atoms. The van der Waals surface area contributed by atoms with Gasteiger partial charge in [0, 0.05) is 18.1 Å². The molecule has 0 aromatic rings. The first-order valence-electron chi connectivity index (χ1n) is 6.15. The first kappa shape index (κ1) is 10.9. The summed E-state index contributed by atoms with van der Waals surface area (Å²) >= 11 is 0. The van der Waals surface area contributed by atoms with Gasteiger partial charge >= 0.3 is 5.97 Å². The molecule has 4 atom stereocenters. The van der Waals surface area contributed by atoms with E-state index in [1.165, 1.54) is 12.8 Å². The van der Waals surface area contributed by atoms with Crippen molar-refractivity contribution in [1.82, 2.24) is 4.90 Å². The van der Waals surface area contributed by atoms with Gasteiger partial charge in [0.05, 0.1) is 5.92 Å². The van der Waals surface area contributed by atoms with E-state index in [1.54, 1.807) is 0 Å². The van der Waals surface area contributed by atoms with Gasteiger partial charge in [-0.2, -0.15) is 0 Å². The van der Waals surface area contributed by atoms with Crippen molar-refractivity contribution < 1.29 is 9.90 Å². The second kappa shape index (κ2) is 4.12. The molecule has 2 rings (SSSR count). The molecular weight excluding hydrogens is 190 g/mol. The molecule has 86 valence electrons. The fourth-order valence-electron chi connectivity index (χ4n) is 3.23. The molecule has 0 aromatic heterocycles. The number of likely N-dealkylation sites (tertiary alicyclic amines) is 1. The van der Waals surface area contributed by atoms with Gasteiger partial charge in [-0.1, -0.05) is 6.92 Å². The molecule has 0 aromatic carbocycles. The lowest BCUT2D eigenvalue weighted by Gasteiger charge is -2.45. The Kier molecular flexibility index (Phi) is 3.01. The molecule has 0 radical (unpaired) electrons. The third-order valence-corrected chi connectivity index (χ3v) is 4.26. The number of carbonyl (C=O) groups is 1. The number of hydrogen-bond acceptors (Lipinski definition) is 2. The maximum absolute atomic E-state index is 11.0. The minimum atomic E-state index is -0.597. The summed E-state index contributed by atoms with van der Waals surface area (Å²) in [5.41, 5.74) is 0. The highest BCUT2D eigenvalue weighted by atomic mass is 16.4. The highest BCUT2D eigenvalue weighted by molar-refractivity contribution is 5.72. The Labute approximate surface area is 91.5 Å². The van der Waals surface area contributed by atoms with Gasteiger partial charge < -0.3 is 5.11 Å². The molecule has 1 saturated heterocycles. The topological polar surface area (TPSA) is 40.5 Å². The molecule has 1 aliphatic heterocycles. The van der Waals surface area contributed by atoms with Gasteiger partial charge in [0.1, 0.15) is 0 Å². The van der Waals surface area contributed by atoms with Crippen LogP contribution in [0, 0.1) is 5.92 Å². The van der Waals surface area contributed by atoms with Crippen LogP contribution < -0.4 is 0 Å². The predicted octanol–water partition coefficient (Wildman–Crippen LogP) is 2.11. The Morgan fingerprint density at radius 3 is 2.53 bits per heavy atom. The Morgan fingerprint density at radius 2 is 2.07 bits per heavy atom. The fraction of sp³-hybridized carbons (Fsp3) is 0.917. The van der Waals surface area contributed by atoms with Gasteiger partial charge in [-0.25, -0.2) is 0 Å².